The zero-order chi connectivity index (χ0) is 9.36. The van der Waals surface area contributed by atoms with Gasteiger partial charge in [0, 0.05) is 24.2 Å². The Morgan fingerprint density at radius 3 is 2.85 bits per heavy atom. The van der Waals surface area contributed by atoms with Crippen LogP contribution >= 0.6 is 22.6 Å². The Morgan fingerprint density at radius 2 is 2.15 bits per heavy atom. The maximum absolute atomic E-state index is 5.52. The average Bonchev–Trinajstić information content (AvgIpc) is 2.63. The SMILES string of the molecule is ICCCOCCCC1CCCO1. The monoisotopic (exact) mass is 298 g/mol. The molecule has 1 heterocycles. The number of hydrogen-bond donors (Lipinski definition) is 0. The van der Waals surface area contributed by atoms with Crippen molar-refractivity contribution in [3.8, 4) is 0 Å². The summed E-state index contributed by atoms with van der Waals surface area (Å²) in [6, 6.07) is 0. The Hall–Kier alpha value is 0.650. The number of alkyl halides is 1. The molecule has 1 saturated heterocycles. The molecule has 1 atom stereocenters. The smallest absolute Gasteiger partial charge is 0.0576 e. The molecule has 3 heteroatoms. The van der Waals surface area contributed by atoms with Crippen LogP contribution in [0.2, 0.25) is 0 Å². The first-order valence-electron chi connectivity index (χ1n) is 5.19. The van der Waals surface area contributed by atoms with Crippen molar-refractivity contribution in [2.24, 2.45) is 0 Å². The quantitative estimate of drug-likeness (QED) is 0.409. The van der Waals surface area contributed by atoms with Crippen LogP contribution in [0.25, 0.3) is 0 Å². The Kier molecular flexibility index (Phi) is 7.21. The molecule has 1 aliphatic rings. The predicted octanol–water partition coefficient (Wildman–Crippen LogP) is 2.79. The van der Waals surface area contributed by atoms with Crippen LogP contribution in [-0.4, -0.2) is 30.4 Å². The van der Waals surface area contributed by atoms with E-state index in [0.29, 0.717) is 6.10 Å². The van der Waals surface area contributed by atoms with Gasteiger partial charge in [0.25, 0.3) is 0 Å². The number of halogens is 1. The lowest BCUT2D eigenvalue weighted by Crippen LogP contribution is -2.07. The van der Waals surface area contributed by atoms with Crippen LogP contribution < -0.4 is 0 Å². The predicted molar refractivity (Wildman–Crippen MR) is 62.5 cm³/mol. The molecule has 0 amide bonds. The molecule has 0 saturated carbocycles. The second kappa shape index (κ2) is 8.00. The number of rotatable bonds is 7. The van der Waals surface area contributed by atoms with Crippen molar-refractivity contribution in [2.75, 3.05) is 24.2 Å². The van der Waals surface area contributed by atoms with Crippen molar-refractivity contribution < 1.29 is 9.47 Å². The first-order chi connectivity index (χ1) is 6.43. The molecule has 0 radical (unpaired) electrons. The normalized spacial score (nSPS) is 22.4. The summed E-state index contributed by atoms with van der Waals surface area (Å²) < 4.78 is 12.2. The highest BCUT2D eigenvalue weighted by molar-refractivity contribution is 14.1. The molecule has 0 bridgehead atoms. The van der Waals surface area contributed by atoms with Crippen molar-refractivity contribution in [3.63, 3.8) is 0 Å². The van der Waals surface area contributed by atoms with E-state index in [1.807, 2.05) is 0 Å². The summed E-state index contributed by atoms with van der Waals surface area (Å²) in [5, 5.41) is 0. The van der Waals surface area contributed by atoms with Crippen molar-refractivity contribution in [1.82, 2.24) is 0 Å². The molecule has 0 spiro atoms. The van der Waals surface area contributed by atoms with Gasteiger partial charge in [0.1, 0.15) is 0 Å². The van der Waals surface area contributed by atoms with Crippen LogP contribution in [0.5, 0.6) is 0 Å². The average molecular weight is 298 g/mol. The third-order valence-electron chi connectivity index (χ3n) is 2.26. The molecular formula is C10H19IO2. The van der Waals surface area contributed by atoms with Crippen LogP contribution in [0, 0.1) is 0 Å². The molecule has 0 aromatic heterocycles. The van der Waals surface area contributed by atoms with Crippen molar-refractivity contribution in [1.29, 1.82) is 0 Å². The van der Waals surface area contributed by atoms with E-state index in [4.69, 9.17) is 9.47 Å². The Morgan fingerprint density at radius 1 is 1.31 bits per heavy atom. The molecule has 0 aromatic rings. The standard InChI is InChI=1S/C10H19IO2/c11-6-3-8-12-7-1-4-10-5-2-9-13-10/h10H,1-9H2. The molecule has 0 aliphatic carbocycles. The second-order valence-corrected chi connectivity index (χ2v) is 4.51. The minimum Gasteiger partial charge on any atom is -0.381 e. The van der Waals surface area contributed by atoms with Crippen LogP contribution in [0.15, 0.2) is 0 Å². The Balaban J connectivity index is 1.78. The Bertz CT molecular complexity index is 113. The first-order valence-corrected chi connectivity index (χ1v) is 6.71. The van der Waals surface area contributed by atoms with Gasteiger partial charge in [-0.2, -0.15) is 0 Å². The minimum atomic E-state index is 0.535. The molecular weight excluding hydrogens is 279 g/mol. The molecule has 1 unspecified atom stereocenters. The van der Waals surface area contributed by atoms with E-state index in [2.05, 4.69) is 22.6 Å². The van der Waals surface area contributed by atoms with Crippen LogP contribution in [0.3, 0.4) is 0 Å². The van der Waals surface area contributed by atoms with Gasteiger partial charge in [0.2, 0.25) is 0 Å². The summed E-state index contributed by atoms with van der Waals surface area (Å²) in [5.41, 5.74) is 0. The lowest BCUT2D eigenvalue weighted by Gasteiger charge is -2.08. The summed E-state index contributed by atoms with van der Waals surface area (Å²) >= 11 is 2.38. The van der Waals surface area contributed by atoms with Gasteiger partial charge in [-0.05, 0) is 32.1 Å². The second-order valence-electron chi connectivity index (χ2n) is 3.43. The van der Waals surface area contributed by atoms with Crippen molar-refractivity contribution in [2.45, 2.75) is 38.2 Å². The lowest BCUT2D eigenvalue weighted by atomic mass is 10.1. The summed E-state index contributed by atoms with van der Waals surface area (Å²) in [5.74, 6) is 0. The summed E-state index contributed by atoms with van der Waals surface area (Å²) in [6.07, 6.45) is 6.57. The lowest BCUT2D eigenvalue weighted by molar-refractivity contribution is 0.0823. The van der Waals surface area contributed by atoms with E-state index < -0.39 is 0 Å². The summed E-state index contributed by atoms with van der Waals surface area (Å²) in [4.78, 5) is 0. The van der Waals surface area contributed by atoms with Crippen molar-refractivity contribution in [3.05, 3.63) is 0 Å². The molecule has 2 nitrogen and oxygen atoms in total. The molecule has 1 fully saturated rings. The van der Waals surface area contributed by atoms with E-state index in [0.717, 1.165) is 26.2 Å². The third-order valence-corrected chi connectivity index (χ3v) is 3.02. The first kappa shape index (κ1) is 11.7. The highest BCUT2D eigenvalue weighted by Gasteiger charge is 2.14. The van der Waals surface area contributed by atoms with Crippen LogP contribution in [-0.2, 0) is 9.47 Å². The van der Waals surface area contributed by atoms with Gasteiger partial charge in [-0.15, -0.1) is 0 Å². The van der Waals surface area contributed by atoms with Gasteiger partial charge in [-0.25, -0.2) is 0 Å². The van der Waals surface area contributed by atoms with E-state index in [9.17, 15) is 0 Å². The fourth-order valence-corrected chi connectivity index (χ4v) is 1.86. The maximum atomic E-state index is 5.52. The summed E-state index contributed by atoms with van der Waals surface area (Å²) in [7, 11) is 0. The minimum absolute atomic E-state index is 0.535. The van der Waals surface area contributed by atoms with E-state index in [1.54, 1.807) is 0 Å². The van der Waals surface area contributed by atoms with Gasteiger partial charge in [0.05, 0.1) is 6.10 Å². The fraction of sp³-hybridized carbons (Fsp3) is 1.00. The van der Waals surface area contributed by atoms with Crippen LogP contribution in [0.1, 0.15) is 32.1 Å². The largest absolute Gasteiger partial charge is 0.381 e. The van der Waals surface area contributed by atoms with Gasteiger partial charge in [-0.3, -0.25) is 0 Å². The van der Waals surface area contributed by atoms with Gasteiger partial charge >= 0.3 is 0 Å². The zero-order valence-electron chi connectivity index (χ0n) is 8.14. The van der Waals surface area contributed by atoms with E-state index in [-0.39, 0.29) is 0 Å². The topological polar surface area (TPSA) is 18.5 Å². The number of hydrogen-bond acceptors (Lipinski definition) is 2. The molecule has 0 aromatic carbocycles. The van der Waals surface area contributed by atoms with Gasteiger partial charge in [0.15, 0.2) is 0 Å². The van der Waals surface area contributed by atoms with Gasteiger partial charge < -0.3 is 9.47 Å². The molecule has 13 heavy (non-hydrogen) atoms. The van der Waals surface area contributed by atoms with Crippen LogP contribution in [0.4, 0.5) is 0 Å². The molecule has 0 N–H and O–H groups in total. The van der Waals surface area contributed by atoms with E-state index >= 15 is 0 Å². The third kappa shape index (κ3) is 5.86. The molecule has 1 rings (SSSR count). The van der Waals surface area contributed by atoms with E-state index in [1.165, 1.54) is 30.1 Å². The Labute approximate surface area is 94.5 Å². The molecule has 78 valence electrons. The molecule has 1 aliphatic heterocycles. The highest BCUT2D eigenvalue weighted by atomic mass is 127. The summed E-state index contributed by atoms with van der Waals surface area (Å²) in [6.45, 7) is 2.81. The zero-order valence-corrected chi connectivity index (χ0v) is 10.3. The van der Waals surface area contributed by atoms with Crippen molar-refractivity contribution >= 4 is 22.6 Å². The maximum Gasteiger partial charge on any atom is 0.0576 e. The van der Waals surface area contributed by atoms with Gasteiger partial charge in [-0.1, -0.05) is 22.6 Å². The number of ether oxygens (including phenoxy) is 2. The highest BCUT2D eigenvalue weighted by Crippen LogP contribution is 2.16. The fourth-order valence-electron chi connectivity index (χ4n) is 1.54.